The van der Waals surface area contributed by atoms with Crippen LogP contribution >= 0.6 is 0 Å². The minimum Gasteiger partial charge on any atom is -0.360 e. The Labute approximate surface area is 116 Å². The fraction of sp³-hybridized carbons (Fsp3) is 0.583. The lowest BCUT2D eigenvalue weighted by Crippen LogP contribution is -2.50. The number of aryl methyl sites for hydroxylation is 1. The maximum absolute atomic E-state index is 11.4. The Morgan fingerprint density at radius 2 is 2.00 bits per heavy atom. The minimum absolute atomic E-state index is 0.193. The first-order chi connectivity index (χ1) is 9.52. The quantitative estimate of drug-likeness (QED) is 0.756. The number of nitrogens with zero attached hydrogens (tertiary/aromatic N) is 3. The van der Waals surface area contributed by atoms with Crippen LogP contribution in [0.1, 0.15) is 11.5 Å². The van der Waals surface area contributed by atoms with E-state index in [4.69, 9.17) is 10.3 Å². The van der Waals surface area contributed by atoms with Gasteiger partial charge < -0.3 is 10.3 Å². The van der Waals surface area contributed by atoms with Crippen molar-refractivity contribution in [1.82, 2.24) is 20.3 Å². The van der Waals surface area contributed by atoms with Gasteiger partial charge in [-0.3, -0.25) is 19.9 Å². The first kappa shape index (κ1) is 14.5. The number of amides is 3. The van der Waals surface area contributed by atoms with Gasteiger partial charge in [0.2, 0.25) is 5.91 Å². The van der Waals surface area contributed by atoms with E-state index in [1.54, 1.807) is 0 Å². The molecule has 2 rings (SSSR count). The standard InChI is InChI=1S/C12H19N5O3/c1-9-6-10(20-15-9)7-16-2-4-17(5-3-16)8-11(18)14-12(13)19/h6H,2-5,7-8H2,1H3,(H3,13,14,18,19). The SMILES string of the molecule is Cc1cc(CN2CCN(CC(=O)NC(N)=O)CC2)on1. The normalized spacial score (nSPS) is 17.1. The molecule has 0 aromatic carbocycles. The van der Waals surface area contributed by atoms with Crippen LogP contribution in [0, 0.1) is 6.92 Å². The number of hydrogen-bond donors (Lipinski definition) is 2. The van der Waals surface area contributed by atoms with Crippen LogP contribution in [0.4, 0.5) is 4.79 Å². The lowest BCUT2D eigenvalue weighted by Gasteiger charge is -2.33. The van der Waals surface area contributed by atoms with E-state index in [1.807, 2.05) is 17.9 Å². The predicted octanol–water partition coefficient (Wildman–Crippen LogP) is -0.704. The molecule has 0 atom stereocenters. The third-order valence-electron chi connectivity index (χ3n) is 3.15. The number of piperazine rings is 1. The summed E-state index contributed by atoms with van der Waals surface area (Å²) in [7, 11) is 0. The van der Waals surface area contributed by atoms with E-state index in [9.17, 15) is 9.59 Å². The van der Waals surface area contributed by atoms with Gasteiger partial charge in [-0.25, -0.2) is 4.79 Å². The van der Waals surface area contributed by atoms with Crippen molar-refractivity contribution < 1.29 is 14.1 Å². The minimum atomic E-state index is -0.811. The number of nitrogens with two attached hydrogens (primary N) is 1. The van der Waals surface area contributed by atoms with Gasteiger partial charge in [0.1, 0.15) is 0 Å². The van der Waals surface area contributed by atoms with Gasteiger partial charge >= 0.3 is 6.03 Å². The Kier molecular flexibility index (Phi) is 4.70. The van der Waals surface area contributed by atoms with E-state index in [1.165, 1.54) is 0 Å². The predicted molar refractivity (Wildman–Crippen MR) is 70.7 cm³/mol. The lowest BCUT2D eigenvalue weighted by molar-refractivity contribution is -0.121. The van der Waals surface area contributed by atoms with Crippen molar-refractivity contribution >= 4 is 11.9 Å². The Balaban J connectivity index is 1.72. The smallest absolute Gasteiger partial charge is 0.318 e. The van der Waals surface area contributed by atoms with E-state index in [-0.39, 0.29) is 12.5 Å². The van der Waals surface area contributed by atoms with Gasteiger partial charge in [-0.2, -0.15) is 0 Å². The molecule has 0 spiro atoms. The lowest BCUT2D eigenvalue weighted by atomic mass is 10.3. The van der Waals surface area contributed by atoms with E-state index in [2.05, 4.69) is 15.4 Å². The molecule has 0 saturated carbocycles. The summed E-state index contributed by atoms with van der Waals surface area (Å²) in [6.45, 7) is 6.01. The molecule has 3 amide bonds. The molecular weight excluding hydrogens is 262 g/mol. The van der Waals surface area contributed by atoms with Crippen molar-refractivity contribution in [2.75, 3.05) is 32.7 Å². The summed E-state index contributed by atoms with van der Waals surface area (Å²) in [4.78, 5) is 26.2. The highest BCUT2D eigenvalue weighted by molar-refractivity contribution is 5.94. The number of carbonyl (C=O) groups excluding carboxylic acids is 2. The fourth-order valence-corrected chi connectivity index (χ4v) is 2.20. The van der Waals surface area contributed by atoms with Crippen molar-refractivity contribution in [2.24, 2.45) is 5.73 Å². The molecule has 1 aliphatic heterocycles. The van der Waals surface area contributed by atoms with Crippen LogP contribution in [0.15, 0.2) is 10.6 Å². The molecule has 1 aromatic heterocycles. The molecular formula is C12H19N5O3. The monoisotopic (exact) mass is 281 g/mol. The van der Waals surface area contributed by atoms with E-state index < -0.39 is 6.03 Å². The highest BCUT2D eigenvalue weighted by atomic mass is 16.5. The largest absolute Gasteiger partial charge is 0.360 e. The fourth-order valence-electron chi connectivity index (χ4n) is 2.20. The number of primary amides is 1. The van der Waals surface area contributed by atoms with E-state index >= 15 is 0 Å². The van der Waals surface area contributed by atoms with Gasteiger partial charge in [0.15, 0.2) is 5.76 Å². The molecule has 8 nitrogen and oxygen atoms in total. The summed E-state index contributed by atoms with van der Waals surface area (Å²) >= 11 is 0. The number of hydrogen-bond acceptors (Lipinski definition) is 6. The van der Waals surface area contributed by atoms with Gasteiger partial charge in [-0.15, -0.1) is 0 Å². The molecule has 2 heterocycles. The number of imide groups is 1. The van der Waals surface area contributed by atoms with Gasteiger partial charge in [-0.1, -0.05) is 5.16 Å². The van der Waals surface area contributed by atoms with Crippen LogP contribution < -0.4 is 11.1 Å². The second-order valence-electron chi connectivity index (χ2n) is 4.90. The maximum atomic E-state index is 11.4. The second kappa shape index (κ2) is 6.49. The van der Waals surface area contributed by atoms with Crippen molar-refractivity contribution in [3.63, 3.8) is 0 Å². The number of carbonyl (C=O) groups is 2. The average molecular weight is 281 g/mol. The van der Waals surface area contributed by atoms with Crippen molar-refractivity contribution in [3.05, 3.63) is 17.5 Å². The van der Waals surface area contributed by atoms with Gasteiger partial charge in [0.05, 0.1) is 18.8 Å². The Hall–Kier alpha value is -1.93. The van der Waals surface area contributed by atoms with Crippen LogP contribution in [0.3, 0.4) is 0 Å². The Morgan fingerprint density at radius 3 is 2.55 bits per heavy atom. The molecule has 0 aliphatic carbocycles. The van der Waals surface area contributed by atoms with Gasteiger partial charge in [0, 0.05) is 32.2 Å². The summed E-state index contributed by atoms with van der Waals surface area (Å²) in [5, 5.41) is 5.92. The van der Waals surface area contributed by atoms with Crippen LogP contribution in [-0.2, 0) is 11.3 Å². The van der Waals surface area contributed by atoms with Gasteiger partial charge in [-0.05, 0) is 6.92 Å². The van der Waals surface area contributed by atoms with Crippen LogP contribution in [0.5, 0.6) is 0 Å². The summed E-state index contributed by atoms with van der Waals surface area (Å²) < 4.78 is 5.18. The molecule has 1 fully saturated rings. The van der Waals surface area contributed by atoms with Crippen molar-refractivity contribution in [3.8, 4) is 0 Å². The zero-order valence-electron chi connectivity index (χ0n) is 11.5. The topological polar surface area (TPSA) is 105 Å². The van der Waals surface area contributed by atoms with Crippen LogP contribution in [-0.4, -0.2) is 59.6 Å². The second-order valence-corrected chi connectivity index (χ2v) is 4.90. The third kappa shape index (κ3) is 4.32. The zero-order chi connectivity index (χ0) is 14.5. The Bertz CT molecular complexity index is 479. The molecule has 3 N–H and O–H groups in total. The first-order valence-electron chi connectivity index (χ1n) is 6.49. The molecule has 8 heteroatoms. The highest BCUT2D eigenvalue weighted by Gasteiger charge is 2.20. The van der Waals surface area contributed by atoms with Crippen LogP contribution in [0.2, 0.25) is 0 Å². The first-order valence-corrected chi connectivity index (χ1v) is 6.49. The molecule has 1 aliphatic rings. The highest BCUT2D eigenvalue weighted by Crippen LogP contribution is 2.09. The molecule has 20 heavy (non-hydrogen) atoms. The zero-order valence-corrected chi connectivity index (χ0v) is 11.5. The molecule has 1 saturated heterocycles. The molecule has 0 unspecified atom stereocenters. The number of urea groups is 1. The summed E-state index contributed by atoms with van der Waals surface area (Å²) in [6, 6.07) is 1.11. The molecule has 110 valence electrons. The molecule has 0 radical (unpaired) electrons. The summed E-state index contributed by atoms with van der Waals surface area (Å²) in [5.41, 5.74) is 5.77. The molecule has 0 bridgehead atoms. The number of rotatable bonds is 4. The van der Waals surface area contributed by atoms with Crippen molar-refractivity contribution in [1.29, 1.82) is 0 Å². The molecule has 1 aromatic rings. The third-order valence-corrected chi connectivity index (χ3v) is 3.15. The summed E-state index contributed by atoms with van der Waals surface area (Å²) in [5.74, 6) is 0.485. The van der Waals surface area contributed by atoms with Crippen molar-refractivity contribution in [2.45, 2.75) is 13.5 Å². The van der Waals surface area contributed by atoms with Gasteiger partial charge in [0.25, 0.3) is 0 Å². The van der Waals surface area contributed by atoms with E-state index in [0.717, 1.165) is 44.2 Å². The number of nitrogens with one attached hydrogen (secondary N) is 1. The average Bonchev–Trinajstić information content (AvgIpc) is 2.76. The van der Waals surface area contributed by atoms with Crippen LogP contribution in [0.25, 0.3) is 0 Å². The number of aromatic nitrogens is 1. The Morgan fingerprint density at radius 1 is 1.35 bits per heavy atom. The summed E-state index contributed by atoms with van der Waals surface area (Å²) in [6.07, 6.45) is 0. The maximum Gasteiger partial charge on any atom is 0.318 e. The van der Waals surface area contributed by atoms with E-state index in [0.29, 0.717) is 0 Å².